The number of aromatic hydroxyl groups is 1. The first-order chi connectivity index (χ1) is 17.3. The van der Waals surface area contributed by atoms with E-state index in [2.05, 4.69) is 4.90 Å². The highest BCUT2D eigenvalue weighted by Gasteiger charge is 2.46. The number of morpholine rings is 1. The number of Topliss-reactive ketones (excluding diaryl/α,β-unsaturated/α-hetero) is 1. The maximum atomic E-state index is 14.3. The first kappa shape index (κ1) is 25.7. The van der Waals surface area contributed by atoms with Gasteiger partial charge in [0.05, 0.1) is 31.4 Å². The number of nitrogens with zero attached hydrogens (tertiary/aromatic N) is 2. The van der Waals surface area contributed by atoms with Gasteiger partial charge >= 0.3 is 0 Å². The van der Waals surface area contributed by atoms with Crippen LogP contribution in [-0.4, -0.2) is 77.7 Å². The van der Waals surface area contributed by atoms with Crippen LogP contribution in [0.4, 0.5) is 4.39 Å². The summed E-state index contributed by atoms with van der Waals surface area (Å²) in [5, 5.41) is 21.3. The summed E-state index contributed by atoms with van der Waals surface area (Å²) >= 11 is 0. The van der Waals surface area contributed by atoms with Crippen molar-refractivity contribution in [3.63, 3.8) is 0 Å². The van der Waals surface area contributed by atoms with Crippen molar-refractivity contribution in [2.24, 2.45) is 0 Å². The molecule has 1 amide bonds. The van der Waals surface area contributed by atoms with Gasteiger partial charge in [0.2, 0.25) is 0 Å². The van der Waals surface area contributed by atoms with Gasteiger partial charge in [0.1, 0.15) is 11.6 Å². The minimum Gasteiger partial charge on any atom is -0.507 e. The second-order valence-corrected chi connectivity index (χ2v) is 8.92. The molecular formula is C27H31FN2O6. The zero-order chi connectivity index (χ0) is 25.8. The second kappa shape index (κ2) is 11.1. The molecule has 2 heterocycles. The minimum absolute atomic E-state index is 0.0783. The number of phenolic OH excluding ortho intramolecular Hbond substituents is 1. The number of benzene rings is 2. The van der Waals surface area contributed by atoms with Gasteiger partial charge in [-0.3, -0.25) is 14.5 Å². The lowest BCUT2D eigenvalue weighted by Crippen LogP contribution is -2.38. The fourth-order valence-electron chi connectivity index (χ4n) is 4.61. The number of rotatable bonds is 8. The van der Waals surface area contributed by atoms with Gasteiger partial charge in [-0.15, -0.1) is 0 Å². The first-order valence-corrected chi connectivity index (χ1v) is 12.1. The molecule has 2 aromatic carbocycles. The highest BCUT2D eigenvalue weighted by atomic mass is 19.1. The van der Waals surface area contributed by atoms with E-state index in [0.29, 0.717) is 37.4 Å². The summed E-state index contributed by atoms with van der Waals surface area (Å²) in [7, 11) is 0. The van der Waals surface area contributed by atoms with Crippen molar-refractivity contribution < 1.29 is 33.7 Å². The largest absolute Gasteiger partial charge is 0.507 e. The topological polar surface area (TPSA) is 99.5 Å². The van der Waals surface area contributed by atoms with E-state index in [9.17, 15) is 24.2 Å². The Balaban J connectivity index is 1.73. The lowest BCUT2D eigenvalue weighted by atomic mass is 9.94. The SMILES string of the molecule is CCOc1cc([C@H]2C(=C(O)c3ccc(C)c(F)c3)C(=O)C(=O)N2CCCN2CCOCC2)ccc1O. The quantitative estimate of drug-likeness (QED) is 0.327. The molecule has 4 rings (SSSR count). The van der Waals surface area contributed by atoms with Crippen molar-refractivity contribution in [3.05, 3.63) is 64.5 Å². The molecule has 2 aromatic rings. The number of halogens is 1. The van der Waals surface area contributed by atoms with E-state index in [1.807, 2.05) is 0 Å². The molecule has 0 spiro atoms. The van der Waals surface area contributed by atoms with Crippen molar-refractivity contribution in [3.8, 4) is 11.5 Å². The van der Waals surface area contributed by atoms with Gasteiger partial charge in [0, 0.05) is 31.7 Å². The van der Waals surface area contributed by atoms with Crippen LogP contribution in [0.2, 0.25) is 0 Å². The Morgan fingerprint density at radius 3 is 2.58 bits per heavy atom. The Morgan fingerprint density at radius 2 is 1.89 bits per heavy atom. The van der Waals surface area contributed by atoms with Crippen LogP contribution in [0.1, 0.15) is 36.1 Å². The maximum absolute atomic E-state index is 14.3. The van der Waals surface area contributed by atoms with Crippen molar-refractivity contribution in [2.75, 3.05) is 46.0 Å². The zero-order valence-corrected chi connectivity index (χ0v) is 20.5. The van der Waals surface area contributed by atoms with Crippen molar-refractivity contribution in [2.45, 2.75) is 26.3 Å². The van der Waals surface area contributed by atoms with Gasteiger partial charge in [-0.25, -0.2) is 4.39 Å². The monoisotopic (exact) mass is 498 g/mol. The van der Waals surface area contributed by atoms with Crippen LogP contribution in [0, 0.1) is 12.7 Å². The molecule has 0 unspecified atom stereocenters. The van der Waals surface area contributed by atoms with E-state index in [1.54, 1.807) is 26.0 Å². The molecule has 0 aromatic heterocycles. The average Bonchev–Trinajstić information content (AvgIpc) is 3.12. The number of likely N-dealkylation sites (tertiary alicyclic amines) is 1. The number of ether oxygens (including phenoxy) is 2. The number of phenols is 1. The van der Waals surface area contributed by atoms with Gasteiger partial charge in [-0.1, -0.05) is 18.2 Å². The van der Waals surface area contributed by atoms with Gasteiger partial charge < -0.3 is 24.6 Å². The summed E-state index contributed by atoms with van der Waals surface area (Å²) < 4.78 is 25.2. The summed E-state index contributed by atoms with van der Waals surface area (Å²) in [6, 6.07) is 7.83. The summed E-state index contributed by atoms with van der Waals surface area (Å²) in [4.78, 5) is 30.0. The van der Waals surface area contributed by atoms with Crippen LogP contribution in [0.15, 0.2) is 42.0 Å². The third-order valence-electron chi connectivity index (χ3n) is 6.56. The highest BCUT2D eigenvalue weighted by molar-refractivity contribution is 6.46. The molecule has 2 fully saturated rings. The predicted octanol–water partition coefficient (Wildman–Crippen LogP) is 3.38. The van der Waals surface area contributed by atoms with E-state index in [-0.39, 0.29) is 29.2 Å². The predicted molar refractivity (Wildman–Crippen MR) is 131 cm³/mol. The number of amides is 1. The standard InChI is InChI=1S/C27H31FN2O6/c1-3-36-22-16-18(7-8-21(22)31)24-23(25(32)19-6-5-17(2)20(28)15-19)26(33)27(34)30(24)10-4-9-29-11-13-35-14-12-29/h5-8,15-16,24,31-32H,3-4,9-14H2,1-2H3/t24-/m0/s1. The van der Waals surface area contributed by atoms with Crippen LogP contribution in [-0.2, 0) is 14.3 Å². The smallest absolute Gasteiger partial charge is 0.295 e. The van der Waals surface area contributed by atoms with Crippen molar-refractivity contribution in [1.82, 2.24) is 9.80 Å². The molecule has 0 radical (unpaired) electrons. The van der Waals surface area contributed by atoms with Gasteiger partial charge in [-0.2, -0.15) is 0 Å². The molecule has 0 bridgehead atoms. The number of carbonyl (C=O) groups is 2. The molecule has 2 N–H and O–H groups in total. The molecule has 36 heavy (non-hydrogen) atoms. The Labute approximate surface area is 209 Å². The van der Waals surface area contributed by atoms with E-state index >= 15 is 0 Å². The normalized spacial score (nSPS) is 20.2. The number of aliphatic hydroxyl groups excluding tert-OH is 1. The first-order valence-electron chi connectivity index (χ1n) is 12.1. The molecule has 2 saturated heterocycles. The lowest BCUT2D eigenvalue weighted by molar-refractivity contribution is -0.140. The maximum Gasteiger partial charge on any atom is 0.295 e. The van der Waals surface area contributed by atoms with Crippen molar-refractivity contribution >= 4 is 17.4 Å². The number of carbonyl (C=O) groups excluding carboxylic acids is 2. The lowest BCUT2D eigenvalue weighted by Gasteiger charge is -2.29. The average molecular weight is 499 g/mol. The third-order valence-corrected chi connectivity index (χ3v) is 6.56. The molecule has 1 atom stereocenters. The second-order valence-electron chi connectivity index (χ2n) is 8.92. The summed E-state index contributed by atoms with van der Waals surface area (Å²) in [5.74, 6) is -2.42. The molecule has 2 aliphatic heterocycles. The van der Waals surface area contributed by atoms with E-state index in [0.717, 1.165) is 25.7 Å². The van der Waals surface area contributed by atoms with Crippen LogP contribution >= 0.6 is 0 Å². The van der Waals surface area contributed by atoms with Gasteiger partial charge in [-0.05, 0) is 49.6 Å². The molecule has 192 valence electrons. The van der Waals surface area contributed by atoms with E-state index in [1.165, 1.54) is 23.1 Å². The van der Waals surface area contributed by atoms with Crippen LogP contribution < -0.4 is 4.74 Å². The molecule has 0 saturated carbocycles. The Kier molecular flexibility index (Phi) is 7.91. The number of hydrogen-bond donors (Lipinski definition) is 2. The molecule has 9 heteroatoms. The highest BCUT2D eigenvalue weighted by Crippen LogP contribution is 2.42. The Bertz CT molecular complexity index is 1170. The Hall–Kier alpha value is -3.43. The third kappa shape index (κ3) is 5.22. The fourth-order valence-corrected chi connectivity index (χ4v) is 4.61. The number of aliphatic hydroxyl groups is 1. The fraction of sp³-hybridized carbons (Fsp3) is 0.407. The summed E-state index contributed by atoms with van der Waals surface area (Å²) in [6.07, 6.45) is 0.610. The number of hydrogen-bond acceptors (Lipinski definition) is 7. The van der Waals surface area contributed by atoms with E-state index < -0.39 is 29.3 Å². The molecule has 8 nitrogen and oxygen atoms in total. The number of aryl methyl sites for hydroxylation is 1. The summed E-state index contributed by atoms with van der Waals surface area (Å²) in [6.45, 7) is 7.59. The Morgan fingerprint density at radius 1 is 1.14 bits per heavy atom. The van der Waals surface area contributed by atoms with Crippen molar-refractivity contribution in [1.29, 1.82) is 0 Å². The van der Waals surface area contributed by atoms with Gasteiger partial charge in [0.25, 0.3) is 11.7 Å². The molecule has 0 aliphatic carbocycles. The van der Waals surface area contributed by atoms with E-state index in [4.69, 9.17) is 9.47 Å². The minimum atomic E-state index is -0.918. The molecule has 2 aliphatic rings. The summed E-state index contributed by atoms with van der Waals surface area (Å²) in [5.41, 5.74) is 0.878. The zero-order valence-electron chi connectivity index (χ0n) is 20.5. The van der Waals surface area contributed by atoms with Crippen LogP contribution in [0.3, 0.4) is 0 Å². The number of ketones is 1. The van der Waals surface area contributed by atoms with Crippen LogP contribution in [0.25, 0.3) is 5.76 Å². The van der Waals surface area contributed by atoms with Gasteiger partial charge in [0.15, 0.2) is 11.5 Å². The van der Waals surface area contributed by atoms with Crippen LogP contribution in [0.5, 0.6) is 11.5 Å². The molecular weight excluding hydrogens is 467 g/mol.